The van der Waals surface area contributed by atoms with Crippen molar-refractivity contribution < 1.29 is 9.32 Å². The molecule has 0 aliphatic carbocycles. The summed E-state index contributed by atoms with van der Waals surface area (Å²) in [6.45, 7) is 9.48. The van der Waals surface area contributed by atoms with Gasteiger partial charge in [-0.25, -0.2) is 0 Å². The molecule has 0 N–H and O–H groups in total. The average Bonchev–Trinajstić information content (AvgIpc) is 3.12. The number of rotatable bonds is 5. The average molecular weight is 345 g/mol. The van der Waals surface area contributed by atoms with Crippen molar-refractivity contribution in [2.45, 2.75) is 59.4 Å². The van der Waals surface area contributed by atoms with E-state index in [9.17, 15) is 4.79 Å². The third kappa shape index (κ3) is 4.27. The van der Waals surface area contributed by atoms with Gasteiger partial charge in [-0.05, 0) is 45.6 Å². The van der Waals surface area contributed by atoms with E-state index < -0.39 is 0 Å². The Bertz CT molecular complexity index is 736. The fraction of sp³-hybridized carbons (Fsp3) is 0.667. The standard InChI is InChI=1S/C18H27N5O2/c1-12-8-13(2)23(20-12)14(3)9-18(24)22-7-5-6-16(11-22)10-17-19-15(4)25-21-17/h8,14,16H,5-7,9-11H2,1-4H3. The van der Waals surface area contributed by atoms with Crippen LogP contribution >= 0.6 is 0 Å². The van der Waals surface area contributed by atoms with E-state index in [1.807, 2.05) is 29.5 Å². The molecule has 2 atom stereocenters. The molecule has 1 aliphatic heterocycles. The summed E-state index contributed by atoms with van der Waals surface area (Å²) in [7, 11) is 0. The third-order valence-corrected chi connectivity index (χ3v) is 4.84. The van der Waals surface area contributed by atoms with Crippen molar-refractivity contribution in [1.82, 2.24) is 24.8 Å². The zero-order valence-corrected chi connectivity index (χ0v) is 15.5. The number of carbonyl (C=O) groups is 1. The van der Waals surface area contributed by atoms with Crippen molar-refractivity contribution in [1.29, 1.82) is 0 Å². The predicted octanol–water partition coefficient (Wildman–Crippen LogP) is 2.62. The van der Waals surface area contributed by atoms with Crippen LogP contribution in [0.15, 0.2) is 10.6 Å². The lowest BCUT2D eigenvalue weighted by molar-refractivity contribution is -0.133. The number of nitrogens with zero attached hydrogens (tertiary/aromatic N) is 5. The van der Waals surface area contributed by atoms with Crippen LogP contribution in [0.25, 0.3) is 0 Å². The van der Waals surface area contributed by atoms with Gasteiger partial charge in [0, 0.05) is 38.5 Å². The number of hydrogen-bond donors (Lipinski definition) is 0. The molecule has 0 radical (unpaired) electrons. The molecule has 0 bridgehead atoms. The lowest BCUT2D eigenvalue weighted by atomic mass is 9.94. The summed E-state index contributed by atoms with van der Waals surface area (Å²) in [6.07, 6.45) is 3.38. The Labute approximate surface area is 148 Å². The Hall–Kier alpha value is -2.18. The normalized spacial score (nSPS) is 19.2. The van der Waals surface area contributed by atoms with Gasteiger partial charge in [0.15, 0.2) is 5.82 Å². The molecule has 2 aromatic rings. The number of aryl methyl sites for hydroxylation is 3. The van der Waals surface area contributed by atoms with Crippen molar-refractivity contribution in [3.05, 3.63) is 29.2 Å². The molecule has 25 heavy (non-hydrogen) atoms. The van der Waals surface area contributed by atoms with E-state index in [0.717, 1.165) is 49.6 Å². The van der Waals surface area contributed by atoms with Crippen molar-refractivity contribution >= 4 is 5.91 Å². The zero-order valence-electron chi connectivity index (χ0n) is 15.5. The molecular formula is C18H27N5O2. The van der Waals surface area contributed by atoms with Gasteiger partial charge in [-0.15, -0.1) is 0 Å². The molecule has 0 saturated carbocycles. The molecule has 0 spiro atoms. The van der Waals surface area contributed by atoms with Crippen LogP contribution in [-0.2, 0) is 11.2 Å². The van der Waals surface area contributed by atoms with Gasteiger partial charge in [-0.1, -0.05) is 5.16 Å². The van der Waals surface area contributed by atoms with Crippen LogP contribution in [0.3, 0.4) is 0 Å². The Morgan fingerprint density at radius 2 is 2.20 bits per heavy atom. The molecule has 7 heteroatoms. The summed E-state index contributed by atoms with van der Waals surface area (Å²) in [4.78, 5) is 19.0. The lowest BCUT2D eigenvalue weighted by Gasteiger charge is -2.33. The summed E-state index contributed by atoms with van der Waals surface area (Å²) in [5.74, 6) is 1.94. The van der Waals surface area contributed by atoms with Crippen molar-refractivity contribution in [3.8, 4) is 0 Å². The van der Waals surface area contributed by atoms with Gasteiger partial charge in [0.2, 0.25) is 11.8 Å². The fourth-order valence-corrected chi connectivity index (χ4v) is 3.70. The minimum absolute atomic E-state index is 0.0708. The van der Waals surface area contributed by atoms with Crippen LogP contribution in [0, 0.1) is 26.7 Å². The first kappa shape index (κ1) is 17.6. The second-order valence-corrected chi connectivity index (χ2v) is 7.21. The first-order valence-corrected chi connectivity index (χ1v) is 9.02. The van der Waals surface area contributed by atoms with Crippen molar-refractivity contribution in [2.24, 2.45) is 5.92 Å². The van der Waals surface area contributed by atoms with E-state index in [2.05, 4.69) is 22.2 Å². The third-order valence-electron chi connectivity index (χ3n) is 4.84. The maximum atomic E-state index is 12.7. The number of hydrogen-bond acceptors (Lipinski definition) is 5. The number of likely N-dealkylation sites (tertiary alicyclic amines) is 1. The SMILES string of the molecule is Cc1cc(C)n(C(C)CC(=O)N2CCCC(Cc3noc(C)n3)C2)n1. The van der Waals surface area contributed by atoms with E-state index >= 15 is 0 Å². The Kier molecular flexibility index (Phi) is 5.20. The first-order valence-electron chi connectivity index (χ1n) is 9.02. The van der Waals surface area contributed by atoms with E-state index in [-0.39, 0.29) is 11.9 Å². The molecule has 1 saturated heterocycles. The first-order chi connectivity index (χ1) is 11.9. The second-order valence-electron chi connectivity index (χ2n) is 7.21. The molecule has 3 rings (SSSR count). The predicted molar refractivity (Wildman–Crippen MR) is 93.1 cm³/mol. The van der Waals surface area contributed by atoms with Gasteiger partial charge >= 0.3 is 0 Å². The van der Waals surface area contributed by atoms with Crippen LogP contribution < -0.4 is 0 Å². The lowest BCUT2D eigenvalue weighted by Crippen LogP contribution is -2.41. The summed E-state index contributed by atoms with van der Waals surface area (Å²) in [5.41, 5.74) is 2.09. The maximum Gasteiger partial charge on any atom is 0.224 e. The van der Waals surface area contributed by atoms with Crippen LogP contribution in [0.4, 0.5) is 0 Å². The molecule has 1 aliphatic rings. The summed E-state index contributed by atoms with van der Waals surface area (Å²) >= 11 is 0. The van der Waals surface area contributed by atoms with E-state index in [1.54, 1.807) is 6.92 Å². The molecule has 0 aromatic carbocycles. The van der Waals surface area contributed by atoms with Gasteiger partial charge in [-0.2, -0.15) is 10.1 Å². The number of piperidine rings is 1. The number of aromatic nitrogens is 4. The summed E-state index contributed by atoms with van der Waals surface area (Å²) in [5, 5.41) is 8.48. The zero-order chi connectivity index (χ0) is 18.0. The maximum absolute atomic E-state index is 12.7. The Morgan fingerprint density at radius 3 is 2.84 bits per heavy atom. The summed E-state index contributed by atoms with van der Waals surface area (Å²) in [6, 6.07) is 2.12. The van der Waals surface area contributed by atoms with Gasteiger partial charge in [-0.3, -0.25) is 9.48 Å². The van der Waals surface area contributed by atoms with Crippen molar-refractivity contribution in [2.75, 3.05) is 13.1 Å². The highest BCUT2D eigenvalue weighted by Crippen LogP contribution is 2.22. The van der Waals surface area contributed by atoms with Gasteiger partial charge < -0.3 is 9.42 Å². The molecule has 7 nitrogen and oxygen atoms in total. The quantitative estimate of drug-likeness (QED) is 0.832. The smallest absolute Gasteiger partial charge is 0.224 e. The molecule has 1 fully saturated rings. The van der Waals surface area contributed by atoms with Crippen LogP contribution in [0.5, 0.6) is 0 Å². The molecule has 2 aromatic heterocycles. The van der Waals surface area contributed by atoms with E-state index in [4.69, 9.17) is 4.52 Å². The van der Waals surface area contributed by atoms with Crippen LogP contribution in [-0.4, -0.2) is 43.8 Å². The van der Waals surface area contributed by atoms with Gasteiger partial charge in [0.25, 0.3) is 0 Å². The molecule has 3 heterocycles. The van der Waals surface area contributed by atoms with Crippen LogP contribution in [0.1, 0.15) is 55.3 Å². The molecule has 136 valence electrons. The largest absolute Gasteiger partial charge is 0.342 e. The van der Waals surface area contributed by atoms with Gasteiger partial charge in [0.1, 0.15) is 0 Å². The van der Waals surface area contributed by atoms with E-state index in [0.29, 0.717) is 18.2 Å². The molecular weight excluding hydrogens is 318 g/mol. The highest BCUT2D eigenvalue weighted by atomic mass is 16.5. The van der Waals surface area contributed by atoms with Crippen molar-refractivity contribution in [3.63, 3.8) is 0 Å². The number of amides is 1. The van der Waals surface area contributed by atoms with Crippen LogP contribution in [0.2, 0.25) is 0 Å². The van der Waals surface area contributed by atoms with Gasteiger partial charge in [0.05, 0.1) is 11.7 Å². The topological polar surface area (TPSA) is 77.0 Å². The highest BCUT2D eigenvalue weighted by molar-refractivity contribution is 5.76. The monoisotopic (exact) mass is 345 g/mol. The molecule has 1 amide bonds. The Morgan fingerprint density at radius 1 is 1.40 bits per heavy atom. The molecule has 2 unspecified atom stereocenters. The highest BCUT2D eigenvalue weighted by Gasteiger charge is 2.26. The fourth-order valence-electron chi connectivity index (χ4n) is 3.70. The second kappa shape index (κ2) is 7.37. The van der Waals surface area contributed by atoms with E-state index in [1.165, 1.54) is 0 Å². The minimum Gasteiger partial charge on any atom is -0.342 e. The number of carbonyl (C=O) groups excluding carboxylic acids is 1. The summed E-state index contributed by atoms with van der Waals surface area (Å²) < 4.78 is 7.00. The minimum atomic E-state index is 0.0708. The Balaban J connectivity index is 1.57.